The summed E-state index contributed by atoms with van der Waals surface area (Å²) in [6.07, 6.45) is 4.44. The van der Waals surface area contributed by atoms with E-state index < -0.39 is 0 Å². The third-order valence-corrected chi connectivity index (χ3v) is 4.65. The van der Waals surface area contributed by atoms with E-state index in [2.05, 4.69) is 15.4 Å². The number of nitrogens with one attached hydrogen (secondary N) is 1. The number of anilines is 1. The first-order chi connectivity index (χ1) is 11.1. The van der Waals surface area contributed by atoms with Crippen LogP contribution in [0.4, 0.5) is 5.82 Å². The molecule has 2 amide bonds. The molecule has 1 aromatic heterocycles. The number of hydrogen-bond acceptors (Lipinski definition) is 5. The van der Waals surface area contributed by atoms with Crippen LogP contribution in [-0.2, 0) is 9.59 Å². The Kier molecular flexibility index (Phi) is 4.95. The van der Waals surface area contributed by atoms with Crippen LogP contribution in [0.5, 0.6) is 0 Å². The van der Waals surface area contributed by atoms with Crippen molar-refractivity contribution >= 4 is 17.6 Å². The number of carbonyl (C=O) groups excluding carboxylic acids is 2. The molecule has 7 heteroatoms. The fourth-order valence-corrected chi connectivity index (χ4v) is 3.37. The summed E-state index contributed by atoms with van der Waals surface area (Å²) in [6.45, 7) is 5.01. The second-order valence-electron chi connectivity index (χ2n) is 6.45. The first kappa shape index (κ1) is 16.0. The van der Waals surface area contributed by atoms with Gasteiger partial charge in [-0.2, -0.15) is 0 Å². The molecule has 1 aliphatic carbocycles. The molecule has 1 aromatic rings. The zero-order valence-electron chi connectivity index (χ0n) is 13.6. The highest BCUT2D eigenvalue weighted by Gasteiger charge is 2.29. The third kappa shape index (κ3) is 4.10. The number of piperazine rings is 1. The van der Waals surface area contributed by atoms with Crippen molar-refractivity contribution in [3.63, 3.8) is 0 Å². The summed E-state index contributed by atoms with van der Waals surface area (Å²) in [5.74, 6) is 1.56. The van der Waals surface area contributed by atoms with Gasteiger partial charge < -0.3 is 14.7 Å². The molecule has 2 heterocycles. The Bertz CT molecular complexity index is 557. The van der Waals surface area contributed by atoms with Crippen molar-refractivity contribution in [2.24, 2.45) is 5.92 Å². The molecule has 0 atom stereocenters. The maximum absolute atomic E-state index is 12.4. The molecule has 0 spiro atoms. The Hall–Kier alpha value is -1.89. The lowest BCUT2D eigenvalue weighted by Crippen LogP contribution is -2.51. The van der Waals surface area contributed by atoms with E-state index in [4.69, 9.17) is 4.52 Å². The number of carbonyl (C=O) groups is 2. The fraction of sp³-hybridized carbons (Fsp3) is 0.688. The predicted octanol–water partition coefficient (Wildman–Crippen LogP) is 1.26. The largest absolute Gasteiger partial charge is 0.360 e. The van der Waals surface area contributed by atoms with Gasteiger partial charge in [-0.05, 0) is 19.8 Å². The van der Waals surface area contributed by atoms with E-state index in [1.54, 1.807) is 13.0 Å². The molecular formula is C16H24N4O3. The van der Waals surface area contributed by atoms with Gasteiger partial charge in [0.15, 0.2) is 5.82 Å². The van der Waals surface area contributed by atoms with Crippen LogP contribution < -0.4 is 5.32 Å². The molecule has 0 radical (unpaired) electrons. The average Bonchev–Trinajstić information content (AvgIpc) is 3.19. The van der Waals surface area contributed by atoms with Crippen LogP contribution in [-0.4, -0.2) is 59.5 Å². The molecular weight excluding hydrogens is 296 g/mol. The van der Waals surface area contributed by atoms with E-state index in [0.29, 0.717) is 37.1 Å². The molecule has 1 saturated carbocycles. The average molecular weight is 320 g/mol. The van der Waals surface area contributed by atoms with Crippen molar-refractivity contribution < 1.29 is 14.1 Å². The standard InChI is InChI=1S/C16H24N4O3/c1-12-10-14(18-23-12)17-15(21)11-19-6-8-20(9-7-19)16(22)13-4-2-3-5-13/h10,13H,2-9,11H2,1H3,(H,17,18,21). The fourth-order valence-electron chi connectivity index (χ4n) is 3.37. The Morgan fingerprint density at radius 2 is 1.96 bits per heavy atom. The van der Waals surface area contributed by atoms with Gasteiger partial charge in [-0.25, -0.2) is 0 Å². The van der Waals surface area contributed by atoms with Crippen molar-refractivity contribution in [1.29, 1.82) is 0 Å². The van der Waals surface area contributed by atoms with Gasteiger partial charge in [0.25, 0.3) is 0 Å². The van der Waals surface area contributed by atoms with Crippen molar-refractivity contribution in [2.75, 3.05) is 38.0 Å². The summed E-state index contributed by atoms with van der Waals surface area (Å²) in [5, 5.41) is 6.47. The number of amides is 2. The van der Waals surface area contributed by atoms with Crippen molar-refractivity contribution in [1.82, 2.24) is 15.0 Å². The molecule has 23 heavy (non-hydrogen) atoms. The van der Waals surface area contributed by atoms with E-state index in [0.717, 1.165) is 25.9 Å². The molecule has 1 saturated heterocycles. The summed E-state index contributed by atoms with van der Waals surface area (Å²) >= 11 is 0. The maximum atomic E-state index is 12.4. The first-order valence-electron chi connectivity index (χ1n) is 8.36. The van der Waals surface area contributed by atoms with Gasteiger partial charge in [0.2, 0.25) is 11.8 Å². The molecule has 7 nitrogen and oxygen atoms in total. The van der Waals surface area contributed by atoms with Crippen molar-refractivity contribution in [3.8, 4) is 0 Å². The molecule has 1 N–H and O–H groups in total. The third-order valence-electron chi connectivity index (χ3n) is 4.65. The normalized spacial score (nSPS) is 20.0. The van der Waals surface area contributed by atoms with Gasteiger partial charge in [0.1, 0.15) is 5.76 Å². The lowest BCUT2D eigenvalue weighted by Gasteiger charge is -2.35. The van der Waals surface area contributed by atoms with Crippen LogP contribution in [0.25, 0.3) is 0 Å². The minimum Gasteiger partial charge on any atom is -0.360 e. The second kappa shape index (κ2) is 7.12. The minimum atomic E-state index is -0.103. The molecule has 0 bridgehead atoms. The molecule has 2 fully saturated rings. The summed E-state index contributed by atoms with van der Waals surface area (Å²) in [7, 11) is 0. The predicted molar refractivity (Wildman–Crippen MR) is 84.8 cm³/mol. The summed E-state index contributed by atoms with van der Waals surface area (Å²) in [4.78, 5) is 28.4. The van der Waals surface area contributed by atoms with Gasteiger partial charge in [0.05, 0.1) is 6.54 Å². The highest BCUT2D eigenvalue weighted by Crippen LogP contribution is 2.26. The number of aromatic nitrogens is 1. The van der Waals surface area contributed by atoms with Crippen molar-refractivity contribution in [2.45, 2.75) is 32.6 Å². The van der Waals surface area contributed by atoms with E-state index in [9.17, 15) is 9.59 Å². The number of hydrogen-bond donors (Lipinski definition) is 1. The van der Waals surface area contributed by atoms with Crippen LogP contribution in [0.1, 0.15) is 31.4 Å². The van der Waals surface area contributed by atoms with Gasteiger partial charge in [-0.3, -0.25) is 14.5 Å². The highest BCUT2D eigenvalue weighted by atomic mass is 16.5. The summed E-state index contributed by atoms with van der Waals surface area (Å²) in [6, 6.07) is 1.69. The molecule has 2 aliphatic rings. The van der Waals surface area contributed by atoms with E-state index >= 15 is 0 Å². The Labute approximate surface area is 136 Å². The quantitative estimate of drug-likeness (QED) is 0.903. The second-order valence-corrected chi connectivity index (χ2v) is 6.45. The Balaban J connectivity index is 1.41. The van der Waals surface area contributed by atoms with Crippen LogP contribution in [0.2, 0.25) is 0 Å². The topological polar surface area (TPSA) is 78.7 Å². The summed E-state index contributed by atoms with van der Waals surface area (Å²) < 4.78 is 4.92. The van der Waals surface area contributed by atoms with E-state index in [-0.39, 0.29) is 11.8 Å². The lowest BCUT2D eigenvalue weighted by atomic mass is 10.1. The van der Waals surface area contributed by atoms with E-state index in [1.165, 1.54) is 12.8 Å². The molecule has 0 unspecified atom stereocenters. The van der Waals surface area contributed by atoms with Crippen LogP contribution in [0.15, 0.2) is 10.6 Å². The van der Waals surface area contributed by atoms with Crippen molar-refractivity contribution in [3.05, 3.63) is 11.8 Å². The number of nitrogens with zero attached hydrogens (tertiary/aromatic N) is 3. The van der Waals surface area contributed by atoms with Gasteiger partial charge >= 0.3 is 0 Å². The minimum absolute atomic E-state index is 0.103. The van der Waals surface area contributed by atoms with Gasteiger partial charge in [-0.1, -0.05) is 18.0 Å². The SMILES string of the molecule is Cc1cc(NC(=O)CN2CCN(C(=O)C3CCCC3)CC2)no1. The van der Waals surface area contributed by atoms with Gasteiger partial charge in [-0.15, -0.1) is 0 Å². The number of rotatable bonds is 4. The monoisotopic (exact) mass is 320 g/mol. The van der Waals surface area contributed by atoms with Crippen LogP contribution in [0.3, 0.4) is 0 Å². The molecule has 126 valence electrons. The maximum Gasteiger partial charge on any atom is 0.239 e. The smallest absolute Gasteiger partial charge is 0.239 e. The Morgan fingerprint density at radius 3 is 2.57 bits per heavy atom. The first-order valence-corrected chi connectivity index (χ1v) is 8.36. The zero-order chi connectivity index (χ0) is 16.2. The lowest BCUT2D eigenvalue weighted by molar-refractivity contribution is -0.137. The van der Waals surface area contributed by atoms with Crippen LogP contribution in [0, 0.1) is 12.8 Å². The highest BCUT2D eigenvalue weighted by molar-refractivity contribution is 5.91. The Morgan fingerprint density at radius 1 is 1.26 bits per heavy atom. The molecule has 1 aliphatic heterocycles. The molecule has 3 rings (SSSR count). The molecule has 0 aromatic carbocycles. The van der Waals surface area contributed by atoms with Gasteiger partial charge in [0, 0.05) is 38.2 Å². The van der Waals surface area contributed by atoms with E-state index in [1.807, 2.05) is 4.90 Å². The zero-order valence-corrected chi connectivity index (χ0v) is 13.6. The van der Waals surface area contributed by atoms with Crippen LogP contribution >= 0.6 is 0 Å². The number of aryl methyl sites for hydroxylation is 1. The summed E-state index contributed by atoms with van der Waals surface area (Å²) in [5.41, 5.74) is 0.